The molecule has 1 heterocycles. The molecule has 0 aliphatic heterocycles. The lowest BCUT2D eigenvalue weighted by Gasteiger charge is -2.19. The number of anilines is 3. The highest BCUT2D eigenvalue weighted by Gasteiger charge is 2.17. The fraction of sp³-hybridized carbons (Fsp3) is 0.176. The predicted octanol–water partition coefficient (Wildman–Crippen LogP) is 2.26. The molecule has 1 aromatic heterocycles. The average Bonchev–Trinajstić information content (AvgIpc) is 2.67. The summed E-state index contributed by atoms with van der Waals surface area (Å²) < 4.78 is 26.6. The van der Waals surface area contributed by atoms with Crippen molar-refractivity contribution in [3.05, 3.63) is 52.8 Å². The number of hydrogen-bond acceptors (Lipinski definition) is 8. The number of nitrogens with zero attached hydrogens (tertiary/aromatic N) is 4. The Morgan fingerprint density at radius 2 is 1.86 bits per heavy atom. The maximum Gasteiger partial charge on any atom is 0.270 e. The Bertz CT molecular complexity index is 1160. The molecule has 0 aliphatic rings. The van der Waals surface area contributed by atoms with E-state index in [9.17, 15) is 18.5 Å². The smallest absolute Gasteiger partial charge is 0.270 e. The molecular weight excluding hydrogens is 384 g/mol. The molecule has 0 bridgehead atoms. The van der Waals surface area contributed by atoms with Gasteiger partial charge in [-0.2, -0.15) is 0 Å². The van der Waals surface area contributed by atoms with Crippen molar-refractivity contribution in [3.8, 4) is 0 Å². The fourth-order valence-corrected chi connectivity index (χ4v) is 3.43. The normalized spacial score (nSPS) is 11.4. The van der Waals surface area contributed by atoms with E-state index in [1.165, 1.54) is 43.7 Å². The number of non-ortho nitro benzene ring substituents is 1. The summed E-state index contributed by atoms with van der Waals surface area (Å²) in [5.74, 6) is 0.329. The van der Waals surface area contributed by atoms with E-state index >= 15 is 0 Å². The highest BCUT2D eigenvalue weighted by atomic mass is 32.2. The molecule has 2 aromatic carbocycles. The third-order valence-corrected chi connectivity index (χ3v) is 5.52. The van der Waals surface area contributed by atoms with Crippen molar-refractivity contribution >= 4 is 43.8 Å². The molecule has 0 amide bonds. The summed E-state index contributed by atoms with van der Waals surface area (Å²) in [6.07, 6.45) is 1.33. The molecule has 0 spiro atoms. The molecule has 146 valence electrons. The molecule has 0 aliphatic carbocycles. The van der Waals surface area contributed by atoms with Crippen LogP contribution < -0.4 is 14.9 Å². The van der Waals surface area contributed by atoms with Crippen LogP contribution >= 0.6 is 0 Å². The lowest BCUT2D eigenvalue weighted by Crippen LogP contribution is -2.19. The first-order valence-corrected chi connectivity index (χ1v) is 9.62. The third-order valence-electron chi connectivity index (χ3n) is 4.11. The number of nitrogens with one attached hydrogen (secondary N) is 2. The number of benzene rings is 2. The molecule has 0 fully saturated rings. The summed E-state index contributed by atoms with van der Waals surface area (Å²) in [6.45, 7) is 0. The van der Waals surface area contributed by atoms with Crippen LogP contribution in [0.4, 0.5) is 22.9 Å². The zero-order chi connectivity index (χ0) is 20.5. The average molecular weight is 402 g/mol. The van der Waals surface area contributed by atoms with Gasteiger partial charge in [0.1, 0.15) is 12.1 Å². The molecule has 11 heteroatoms. The van der Waals surface area contributed by atoms with E-state index in [4.69, 9.17) is 0 Å². The molecule has 3 aromatic rings. The lowest BCUT2D eigenvalue weighted by molar-refractivity contribution is -0.384. The van der Waals surface area contributed by atoms with Gasteiger partial charge in [0.15, 0.2) is 0 Å². The van der Waals surface area contributed by atoms with E-state index in [0.717, 1.165) is 0 Å². The van der Waals surface area contributed by atoms with Crippen LogP contribution in [0.25, 0.3) is 10.9 Å². The van der Waals surface area contributed by atoms with Gasteiger partial charge in [0, 0.05) is 31.6 Å². The number of nitro groups is 1. The molecule has 10 nitrogen and oxygen atoms in total. The van der Waals surface area contributed by atoms with Crippen LogP contribution in [0.3, 0.4) is 0 Å². The zero-order valence-corrected chi connectivity index (χ0v) is 16.2. The number of nitro benzene ring substituents is 1. The Kier molecular flexibility index (Phi) is 5.12. The minimum atomic E-state index is -3.65. The van der Waals surface area contributed by atoms with E-state index < -0.39 is 14.9 Å². The largest absolute Gasteiger partial charge is 0.376 e. The van der Waals surface area contributed by atoms with Crippen LogP contribution in [0.5, 0.6) is 0 Å². The van der Waals surface area contributed by atoms with Crippen LogP contribution in [0.1, 0.15) is 0 Å². The van der Waals surface area contributed by atoms with Gasteiger partial charge < -0.3 is 10.2 Å². The lowest BCUT2D eigenvalue weighted by atomic mass is 10.2. The van der Waals surface area contributed by atoms with E-state index in [2.05, 4.69) is 20.0 Å². The number of fused-ring (bicyclic) bond motifs is 1. The van der Waals surface area contributed by atoms with Gasteiger partial charge in [0.2, 0.25) is 10.0 Å². The van der Waals surface area contributed by atoms with E-state index in [0.29, 0.717) is 28.1 Å². The van der Waals surface area contributed by atoms with Gasteiger partial charge in [-0.3, -0.25) is 10.1 Å². The van der Waals surface area contributed by atoms with Gasteiger partial charge in [-0.1, -0.05) is 0 Å². The summed E-state index contributed by atoms with van der Waals surface area (Å²) in [5.41, 5.74) is 1.62. The SMILES string of the molecule is CNS(=O)(=O)c1ccc(N(C)C)c(Nc2ncnc3ccc([N+](=O)[O-])cc23)c1. The second-order valence-corrected chi connectivity index (χ2v) is 7.97. The number of aromatic nitrogens is 2. The van der Waals surface area contributed by atoms with Crippen molar-refractivity contribution in [1.29, 1.82) is 0 Å². The van der Waals surface area contributed by atoms with E-state index in [1.807, 2.05) is 19.0 Å². The molecule has 0 radical (unpaired) electrons. The first-order chi connectivity index (χ1) is 13.2. The van der Waals surface area contributed by atoms with Crippen LogP contribution in [0.15, 0.2) is 47.6 Å². The molecule has 0 saturated heterocycles. The molecule has 28 heavy (non-hydrogen) atoms. The minimum Gasteiger partial charge on any atom is -0.376 e. The molecule has 3 rings (SSSR count). The Labute approximate surface area is 161 Å². The standard InChI is InChI=1S/C17H18N6O4S/c1-18-28(26,27)12-5-7-16(22(2)3)15(9-12)21-17-13-8-11(23(24)25)4-6-14(13)19-10-20-17/h4-10,18H,1-3H3,(H,19,20,21). The predicted molar refractivity (Wildman–Crippen MR) is 106 cm³/mol. The van der Waals surface area contributed by atoms with Crippen LogP contribution in [-0.2, 0) is 10.0 Å². The maximum atomic E-state index is 12.2. The zero-order valence-electron chi connectivity index (χ0n) is 15.4. The van der Waals surface area contributed by atoms with Crippen molar-refractivity contribution in [2.45, 2.75) is 4.90 Å². The number of sulfonamides is 1. The molecule has 0 saturated carbocycles. The Hall–Kier alpha value is -3.31. The fourth-order valence-electron chi connectivity index (χ4n) is 2.68. The monoisotopic (exact) mass is 402 g/mol. The third kappa shape index (κ3) is 3.70. The summed E-state index contributed by atoms with van der Waals surface area (Å²) in [5, 5.41) is 14.6. The number of rotatable bonds is 6. The number of hydrogen-bond donors (Lipinski definition) is 2. The van der Waals surface area contributed by atoms with Gasteiger partial charge >= 0.3 is 0 Å². The second kappa shape index (κ2) is 7.37. The topological polar surface area (TPSA) is 130 Å². The van der Waals surface area contributed by atoms with Crippen molar-refractivity contribution in [3.63, 3.8) is 0 Å². The summed E-state index contributed by atoms with van der Waals surface area (Å²) in [6, 6.07) is 8.92. The van der Waals surface area contributed by atoms with Crippen LogP contribution in [-0.4, -0.2) is 44.5 Å². The van der Waals surface area contributed by atoms with Gasteiger partial charge in [-0.05, 0) is 31.3 Å². The summed E-state index contributed by atoms with van der Waals surface area (Å²) in [4.78, 5) is 20.8. The second-order valence-electron chi connectivity index (χ2n) is 6.09. The first kappa shape index (κ1) is 19.5. The van der Waals surface area contributed by atoms with Crippen molar-refractivity contribution in [2.75, 3.05) is 31.4 Å². The maximum absolute atomic E-state index is 12.2. The van der Waals surface area contributed by atoms with Gasteiger partial charge in [0.05, 0.1) is 26.7 Å². The van der Waals surface area contributed by atoms with E-state index in [1.54, 1.807) is 6.07 Å². The quantitative estimate of drug-likeness (QED) is 0.474. The molecule has 2 N–H and O–H groups in total. The van der Waals surface area contributed by atoms with E-state index in [-0.39, 0.29) is 10.6 Å². The molecule has 0 unspecified atom stereocenters. The Balaban J connectivity index is 2.16. The summed E-state index contributed by atoms with van der Waals surface area (Å²) >= 11 is 0. The molecular formula is C17H18N6O4S. The first-order valence-electron chi connectivity index (χ1n) is 8.14. The van der Waals surface area contributed by atoms with Gasteiger partial charge in [0.25, 0.3) is 5.69 Å². The van der Waals surface area contributed by atoms with Crippen molar-refractivity contribution in [1.82, 2.24) is 14.7 Å². The van der Waals surface area contributed by atoms with Crippen LogP contribution in [0.2, 0.25) is 0 Å². The summed E-state index contributed by atoms with van der Waals surface area (Å²) in [7, 11) is 1.32. The van der Waals surface area contributed by atoms with Crippen molar-refractivity contribution < 1.29 is 13.3 Å². The Morgan fingerprint density at radius 3 is 2.50 bits per heavy atom. The van der Waals surface area contributed by atoms with Crippen molar-refractivity contribution in [2.24, 2.45) is 0 Å². The van der Waals surface area contributed by atoms with Crippen LogP contribution in [0, 0.1) is 10.1 Å². The van der Waals surface area contributed by atoms with Gasteiger partial charge in [-0.15, -0.1) is 0 Å². The molecule has 0 atom stereocenters. The minimum absolute atomic E-state index is 0.0763. The highest BCUT2D eigenvalue weighted by Crippen LogP contribution is 2.32. The Morgan fingerprint density at radius 1 is 1.11 bits per heavy atom. The highest BCUT2D eigenvalue weighted by molar-refractivity contribution is 7.89. The van der Waals surface area contributed by atoms with Gasteiger partial charge in [-0.25, -0.2) is 23.1 Å².